The molecule has 3 rings (SSSR count). The molecule has 1 amide bonds. The van der Waals surface area contributed by atoms with Crippen LogP contribution < -0.4 is 5.32 Å². The number of amides is 1. The topological polar surface area (TPSA) is 70.7 Å². The summed E-state index contributed by atoms with van der Waals surface area (Å²) in [7, 11) is 0. The third kappa shape index (κ3) is 3.68. The Bertz CT molecular complexity index is 642. The zero-order valence-electron chi connectivity index (χ0n) is 12.6. The van der Waals surface area contributed by atoms with Crippen LogP contribution in [0.1, 0.15) is 42.5 Å². The van der Waals surface area contributed by atoms with Gasteiger partial charge in [-0.05, 0) is 49.3 Å². The van der Waals surface area contributed by atoms with E-state index in [2.05, 4.69) is 38.7 Å². The van der Waals surface area contributed by atoms with Crippen LogP contribution in [0.15, 0.2) is 29.7 Å². The van der Waals surface area contributed by atoms with Gasteiger partial charge in [-0.1, -0.05) is 30.0 Å². The fraction of sp³-hybridized carbons (Fsp3) is 0.438. The lowest BCUT2D eigenvalue weighted by molar-refractivity contribution is -0.119. The van der Waals surface area contributed by atoms with Crippen LogP contribution in [0, 0.1) is 0 Å². The summed E-state index contributed by atoms with van der Waals surface area (Å²) in [5, 5.41) is 10.2. The molecule has 1 aromatic heterocycles. The van der Waals surface area contributed by atoms with Gasteiger partial charge in [0.2, 0.25) is 5.91 Å². The summed E-state index contributed by atoms with van der Waals surface area (Å²) < 4.78 is 0. The normalized spacial score (nSPS) is 15.1. The molecule has 5 nitrogen and oxygen atoms in total. The third-order valence-corrected chi connectivity index (χ3v) is 4.86. The summed E-state index contributed by atoms with van der Waals surface area (Å²) >= 11 is 1.35. The van der Waals surface area contributed by atoms with Crippen molar-refractivity contribution >= 4 is 17.7 Å². The van der Waals surface area contributed by atoms with Gasteiger partial charge < -0.3 is 5.32 Å². The van der Waals surface area contributed by atoms with Gasteiger partial charge in [0, 0.05) is 0 Å². The van der Waals surface area contributed by atoms with Crippen LogP contribution in [0.25, 0.3) is 0 Å². The van der Waals surface area contributed by atoms with Crippen molar-refractivity contribution in [3.8, 4) is 0 Å². The van der Waals surface area contributed by atoms with Crippen LogP contribution in [0.4, 0.5) is 0 Å². The van der Waals surface area contributed by atoms with E-state index < -0.39 is 0 Å². The molecule has 1 aliphatic rings. The molecule has 2 aromatic rings. The molecule has 0 fully saturated rings. The number of fused-ring (bicyclic) bond motifs is 1. The lowest BCUT2D eigenvalue weighted by Crippen LogP contribution is -2.28. The van der Waals surface area contributed by atoms with Crippen molar-refractivity contribution in [3.05, 3.63) is 41.2 Å². The molecule has 0 aliphatic heterocycles. The Morgan fingerprint density at radius 1 is 1.36 bits per heavy atom. The van der Waals surface area contributed by atoms with Crippen molar-refractivity contribution in [2.75, 3.05) is 5.75 Å². The van der Waals surface area contributed by atoms with Crippen LogP contribution in [0.3, 0.4) is 0 Å². The minimum absolute atomic E-state index is 0.00613. The predicted octanol–water partition coefficient (Wildman–Crippen LogP) is 2.65. The molecule has 0 saturated carbocycles. The van der Waals surface area contributed by atoms with Crippen molar-refractivity contribution in [2.45, 2.75) is 43.8 Å². The number of benzene rings is 1. The van der Waals surface area contributed by atoms with Crippen LogP contribution in [-0.4, -0.2) is 26.8 Å². The number of hydrogen-bond donors (Lipinski definition) is 2. The van der Waals surface area contributed by atoms with Crippen molar-refractivity contribution in [2.24, 2.45) is 0 Å². The lowest BCUT2D eigenvalue weighted by atomic mass is 9.89. The SMILES string of the molecule is C[C@@H](NC(=O)CSc1ncn[nH]1)c1ccc2c(c1)CCCC2. The fourth-order valence-corrected chi connectivity index (χ4v) is 3.38. The largest absolute Gasteiger partial charge is 0.349 e. The first-order valence-corrected chi connectivity index (χ1v) is 8.60. The molecule has 1 heterocycles. The molecule has 1 aliphatic carbocycles. The molecule has 0 spiro atoms. The van der Waals surface area contributed by atoms with E-state index in [9.17, 15) is 4.79 Å². The highest BCUT2D eigenvalue weighted by atomic mass is 32.2. The minimum Gasteiger partial charge on any atom is -0.349 e. The Morgan fingerprint density at radius 3 is 2.95 bits per heavy atom. The maximum atomic E-state index is 12.0. The molecule has 6 heteroatoms. The maximum Gasteiger partial charge on any atom is 0.230 e. The Hall–Kier alpha value is -1.82. The Kier molecular flexibility index (Phi) is 4.77. The average Bonchev–Trinajstić information content (AvgIpc) is 3.06. The van der Waals surface area contributed by atoms with Gasteiger partial charge in [0.25, 0.3) is 0 Å². The number of carbonyl (C=O) groups excluding carboxylic acids is 1. The van der Waals surface area contributed by atoms with Crippen LogP contribution in [0.2, 0.25) is 0 Å². The van der Waals surface area contributed by atoms with Crippen LogP contribution in [0.5, 0.6) is 0 Å². The zero-order chi connectivity index (χ0) is 15.4. The van der Waals surface area contributed by atoms with Gasteiger partial charge in [-0.15, -0.1) is 0 Å². The molecule has 2 N–H and O–H groups in total. The van der Waals surface area contributed by atoms with Crippen molar-refractivity contribution < 1.29 is 4.79 Å². The first kappa shape index (κ1) is 15.1. The number of hydrogen-bond acceptors (Lipinski definition) is 4. The number of aromatic nitrogens is 3. The van der Waals surface area contributed by atoms with Crippen molar-refractivity contribution in [3.63, 3.8) is 0 Å². The van der Waals surface area contributed by atoms with Gasteiger partial charge >= 0.3 is 0 Å². The Balaban J connectivity index is 1.56. The summed E-state index contributed by atoms with van der Waals surface area (Å²) in [4.78, 5) is 16.0. The smallest absolute Gasteiger partial charge is 0.230 e. The highest BCUT2D eigenvalue weighted by Crippen LogP contribution is 2.24. The summed E-state index contributed by atoms with van der Waals surface area (Å²) in [6.07, 6.45) is 6.34. The number of aromatic amines is 1. The van der Waals surface area contributed by atoms with Gasteiger partial charge in [0.1, 0.15) is 6.33 Å². The number of rotatable bonds is 5. The molecular weight excluding hydrogens is 296 g/mol. The number of carbonyl (C=O) groups is 1. The summed E-state index contributed by atoms with van der Waals surface area (Å²) in [5.74, 6) is 0.344. The standard InChI is InChI=1S/C16H20N4OS/c1-11(19-15(21)9-22-16-17-10-18-20-16)13-7-6-12-4-2-3-5-14(12)8-13/h6-8,10-11H,2-5,9H2,1H3,(H,19,21)(H,17,18,20)/t11-/m1/s1. The predicted molar refractivity (Wildman–Crippen MR) is 86.7 cm³/mol. The fourth-order valence-electron chi connectivity index (χ4n) is 2.79. The number of aryl methyl sites for hydroxylation is 2. The summed E-state index contributed by atoms with van der Waals surface area (Å²) in [6, 6.07) is 6.63. The molecule has 0 radical (unpaired) electrons. The van der Waals surface area contributed by atoms with Crippen LogP contribution in [-0.2, 0) is 17.6 Å². The van der Waals surface area contributed by atoms with E-state index >= 15 is 0 Å². The number of H-pyrrole nitrogens is 1. The van der Waals surface area contributed by atoms with E-state index in [0.29, 0.717) is 10.9 Å². The number of thioether (sulfide) groups is 1. The van der Waals surface area contributed by atoms with E-state index in [1.54, 1.807) is 0 Å². The van der Waals surface area contributed by atoms with E-state index in [4.69, 9.17) is 0 Å². The van der Waals surface area contributed by atoms with Crippen molar-refractivity contribution in [1.29, 1.82) is 0 Å². The summed E-state index contributed by atoms with van der Waals surface area (Å²) in [6.45, 7) is 2.03. The lowest BCUT2D eigenvalue weighted by Gasteiger charge is -2.20. The molecule has 116 valence electrons. The monoisotopic (exact) mass is 316 g/mol. The van der Waals surface area contributed by atoms with E-state index in [-0.39, 0.29) is 11.9 Å². The first-order chi connectivity index (χ1) is 10.7. The second-order valence-corrected chi connectivity index (χ2v) is 6.57. The Labute approximate surface area is 134 Å². The van der Waals surface area contributed by atoms with E-state index in [0.717, 1.165) is 6.42 Å². The van der Waals surface area contributed by atoms with E-state index in [1.165, 1.54) is 54.0 Å². The van der Waals surface area contributed by atoms with Gasteiger partial charge in [-0.25, -0.2) is 4.98 Å². The molecule has 1 atom stereocenters. The first-order valence-electron chi connectivity index (χ1n) is 7.61. The van der Waals surface area contributed by atoms with Gasteiger partial charge in [-0.3, -0.25) is 9.89 Å². The Morgan fingerprint density at radius 2 is 2.18 bits per heavy atom. The average molecular weight is 316 g/mol. The molecule has 1 aromatic carbocycles. The molecule has 0 unspecified atom stereocenters. The molecular formula is C16H20N4OS. The molecule has 0 saturated heterocycles. The number of nitrogens with one attached hydrogen (secondary N) is 2. The summed E-state index contributed by atoms with van der Waals surface area (Å²) in [5.41, 5.74) is 4.09. The van der Waals surface area contributed by atoms with E-state index in [1.807, 2.05) is 6.92 Å². The van der Waals surface area contributed by atoms with Crippen LogP contribution >= 0.6 is 11.8 Å². The zero-order valence-corrected chi connectivity index (χ0v) is 13.4. The number of nitrogens with zero attached hydrogens (tertiary/aromatic N) is 2. The quantitative estimate of drug-likeness (QED) is 0.832. The second kappa shape index (κ2) is 6.96. The van der Waals surface area contributed by atoms with Crippen molar-refractivity contribution in [1.82, 2.24) is 20.5 Å². The highest BCUT2D eigenvalue weighted by Gasteiger charge is 2.14. The molecule has 0 bridgehead atoms. The highest BCUT2D eigenvalue weighted by molar-refractivity contribution is 7.99. The molecule has 22 heavy (non-hydrogen) atoms. The third-order valence-electron chi connectivity index (χ3n) is 3.98. The van der Waals surface area contributed by atoms with Gasteiger partial charge in [0.05, 0.1) is 11.8 Å². The second-order valence-electron chi connectivity index (χ2n) is 5.60. The van der Waals surface area contributed by atoms with Gasteiger partial charge in [-0.2, -0.15) is 5.10 Å². The van der Waals surface area contributed by atoms with Gasteiger partial charge in [0.15, 0.2) is 5.16 Å². The minimum atomic E-state index is 0.00613. The maximum absolute atomic E-state index is 12.0.